The van der Waals surface area contributed by atoms with Gasteiger partial charge in [-0.05, 0) is 31.4 Å². The Kier molecular flexibility index (Phi) is 5.64. The quantitative estimate of drug-likeness (QED) is 0.837. The number of rotatable bonds is 5. The fourth-order valence-corrected chi connectivity index (χ4v) is 4.83. The Morgan fingerprint density at radius 2 is 2.04 bits per heavy atom. The van der Waals surface area contributed by atoms with Crippen molar-refractivity contribution in [2.75, 3.05) is 18.4 Å². The molecule has 9 heteroatoms. The molecule has 0 saturated carbocycles. The van der Waals surface area contributed by atoms with Gasteiger partial charge in [0.15, 0.2) is 5.82 Å². The maximum atomic E-state index is 12.6. The number of carbonyl (C=O) groups is 1. The topological polar surface area (TPSA) is 92.5 Å². The summed E-state index contributed by atoms with van der Waals surface area (Å²) in [5.41, 5.74) is 0.579. The maximum absolute atomic E-state index is 12.6. The third kappa shape index (κ3) is 4.44. The van der Waals surface area contributed by atoms with Gasteiger partial charge in [-0.25, -0.2) is 12.7 Å². The van der Waals surface area contributed by atoms with Gasteiger partial charge in [-0.2, -0.15) is 0 Å². The van der Waals surface area contributed by atoms with Gasteiger partial charge >= 0.3 is 0 Å². The van der Waals surface area contributed by atoms with Gasteiger partial charge in [0.25, 0.3) is 0 Å². The molecule has 7 nitrogen and oxygen atoms in total. The number of sulfonamides is 1. The van der Waals surface area contributed by atoms with Crippen molar-refractivity contribution in [3.8, 4) is 0 Å². The van der Waals surface area contributed by atoms with Crippen molar-refractivity contribution in [1.29, 1.82) is 0 Å². The highest BCUT2D eigenvalue weighted by Gasteiger charge is 2.31. The number of hydrogen-bond donors (Lipinski definition) is 1. The lowest BCUT2D eigenvalue weighted by atomic mass is 9.97. The van der Waals surface area contributed by atoms with Crippen LogP contribution in [0.1, 0.15) is 24.2 Å². The largest absolute Gasteiger partial charge is 0.360 e. The molecule has 1 fully saturated rings. The van der Waals surface area contributed by atoms with Gasteiger partial charge in [0.05, 0.1) is 5.75 Å². The van der Waals surface area contributed by atoms with E-state index >= 15 is 0 Å². The van der Waals surface area contributed by atoms with Crippen molar-refractivity contribution in [3.63, 3.8) is 0 Å². The van der Waals surface area contributed by atoms with Crippen LogP contribution < -0.4 is 5.32 Å². The molecule has 1 aromatic carbocycles. The van der Waals surface area contributed by atoms with Crippen LogP contribution in [0, 0.1) is 12.8 Å². The average Bonchev–Trinajstić information content (AvgIpc) is 3.02. The first kappa shape index (κ1) is 18.9. The molecule has 2 heterocycles. The number of amides is 1. The van der Waals surface area contributed by atoms with E-state index < -0.39 is 10.0 Å². The average molecular weight is 398 g/mol. The fourth-order valence-electron chi connectivity index (χ4n) is 2.95. The first-order valence-corrected chi connectivity index (χ1v) is 10.3. The molecule has 1 N–H and O–H groups in total. The smallest absolute Gasteiger partial charge is 0.228 e. The van der Waals surface area contributed by atoms with Crippen LogP contribution in [0.5, 0.6) is 0 Å². The standard InChI is InChI=1S/C17H20ClN3O4S/c1-12-10-16(20-25-12)19-17(22)13-6-8-21(9-7-13)26(23,24)11-14-4-2-3-5-15(14)18/h2-5,10,13H,6-9,11H2,1H3,(H,19,20,22). The van der Waals surface area contributed by atoms with E-state index in [1.807, 2.05) is 0 Å². The number of nitrogens with zero attached hydrogens (tertiary/aromatic N) is 2. The number of piperidine rings is 1. The summed E-state index contributed by atoms with van der Waals surface area (Å²) in [5.74, 6) is 0.434. The molecular weight excluding hydrogens is 378 g/mol. The van der Waals surface area contributed by atoms with Crippen molar-refractivity contribution in [2.24, 2.45) is 5.92 Å². The lowest BCUT2D eigenvalue weighted by Crippen LogP contribution is -2.41. The Morgan fingerprint density at radius 3 is 2.65 bits per heavy atom. The summed E-state index contributed by atoms with van der Waals surface area (Å²) in [6.07, 6.45) is 0.925. The van der Waals surface area contributed by atoms with Crippen LogP contribution in [-0.2, 0) is 20.6 Å². The zero-order chi connectivity index (χ0) is 18.7. The molecule has 3 rings (SSSR count). The van der Waals surface area contributed by atoms with Gasteiger partial charge < -0.3 is 9.84 Å². The normalized spacial score (nSPS) is 16.5. The minimum atomic E-state index is -3.47. The zero-order valence-electron chi connectivity index (χ0n) is 14.3. The third-order valence-electron chi connectivity index (χ3n) is 4.39. The van der Waals surface area contributed by atoms with Crippen LogP contribution in [0.4, 0.5) is 5.82 Å². The van der Waals surface area contributed by atoms with Gasteiger partial charge in [0.2, 0.25) is 15.9 Å². The van der Waals surface area contributed by atoms with Crippen molar-refractivity contribution in [2.45, 2.75) is 25.5 Å². The Balaban J connectivity index is 1.57. The van der Waals surface area contributed by atoms with Crippen molar-refractivity contribution in [1.82, 2.24) is 9.46 Å². The summed E-state index contributed by atoms with van der Waals surface area (Å²) in [6.45, 7) is 2.36. The number of aromatic nitrogens is 1. The molecule has 0 radical (unpaired) electrons. The minimum absolute atomic E-state index is 0.137. The number of nitrogens with one attached hydrogen (secondary N) is 1. The van der Waals surface area contributed by atoms with Crippen LogP contribution >= 0.6 is 11.6 Å². The van der Waals surface area contributed by atoms with Gasteiger partial charge in [-0.1, -0.05) is 35.0 Å². The van der Waals surface area contributed by atoms with Crippen LogP contribution in [0.15, 0.2) is 34.9 Å². The van der Waals surface area contributed by atoms with E-state index in [0.717, 1.165) is 0 Å². The van der Waals surface area contributed by atoms with Gasteiger partial charge in [-0.15, -0.1) is 0 Å². The number of anilines is 1. The van der Waals surface area contributed by atoms with E-state index in [0.29, 0.717) is 48.1 Å². The van der Waals surface area contributed by atoms with Crippen LogP contribution in [0.3, 0.4) is 0 Å². The number of hydrogen-bond acceptors (Lipinski definition) is 5. The van der Waals surface area contributed by atoms with Crippen LogP contribution in [0.2, 0.25) is 5.02 Å². The Bertz CT molecular complexity index is 889. The molecule has 0 spiro atoms. The summed E-state index contributed by atoms with van der Waals surface area (Å²) in [6, 6.07) is 8.55. The highest BCUT2D eigenvalue weighted by molar-refractivity contribution is 7.88. The third-order valence-corrected chi connectivity index (χ3v) is 6.59. The van der Waals surface area contributed by atoms with Crippen molar-refractivity contribution in [3.05, 3.63) is 46.7 Å². The molecule has 1 saturated heterocycles. The van der Waals surface area contributed by atoms with E-state index in [1.54, 1.807) is 37.3 Å². The maximum Gasteiger partial charge on any atom is 0.228 e. The van der Waals surface area contributed by atoms with E-state index in [1.165, 1.54) is 4.31 Å². The molecule has 0 aliphatic carbocycles. The molecule has 0 unspecified atom stereocenters. The zero-order valence-corrected chi connectivity index (χ0v) is 15.9. The lowest BCUT2D eigenvalue weighted by Gasteiger charge is -2.30. The summed E-state index contributed by atoms with van der Waals surface area (Å²) >= 11 is 6.06. The predicted octanol–water partition coefficient (Wildman–Crippen LogP) is 2.82. The van der Waals surface area contributed by atoms with Crippen molar-refractivity contribution >= 4 is 33.3 Å². The van der Waals surface area contributed by atoms with Crippen molar-refractivity contribution < 1.29 is 17.7 Å². The SMILES string of the molecule is Cc1cc(NC(=O)C2CCN(S(=O)(=O)Cc3ccccc3Cl)CC2)no1. The summed E-state index contributed by atoms with van der Waals surface area (Å²) in [7, 11) is -3.47. The first-order chi connectivity index (χ1) is 12.3. The van der Waals surface area contributed by atoms with Crippen LogP contribution in [0.25, 0.3) is 0 Å². The van der Waals surface area contributed by atoms with Gasteiger partial charge in [0, 0.05) is 30.1 Å². The number of halogens is 1. The molecule has 0 bridgehead atoms. The van der Waals surface area contributed by atoms with E-state index in [4.69, 9.17) is 16.1 Å². The molecule has 1 aliphatic rings. The monoisotopic (exact) mass is 397 g/mol. The van der Waals surface area contributed by atoms with E-state index in [2.05, 4.69) is 10.5 Å². The van der Waals surface area contributed by atoms with Crippen LogP contribution in [-0.4, -0.2) is 36.9 Å². The minimum Gasteiger partial charge on any atom is -0.360 e. The predicted molar refractivity (Wildman–Crippen MR) is 98.2 cm³/mol. The number of carbonyl (C=O) groups excluding carboxylic acids is 1. The second-order valence-corrected chi connectivity index (χ2v) is 8.71. The Morgan fingerprint density at radius 1 is 1.35 bits per heavy atom. The molecule has 0 atom stereocenters. The highest BCUT2D eigenvalue weighted by Crippen LogP contribution is 2.25. The fraction of sp³-hybridized carbons (Fsp3) is 0.412. The Hall–Kier alpha value is -1.90. The lowest BCUT2D eigenvalue weighted by molar-refractivity contribution is -0.120. The van der Waals surface area contributed by atoms with E-state index in [-0.39, 0.29) is 17.6 Å². The highest BCUT2D eigenvalue weighted by atomic mass is 35.5. The molecular formula is C17H20ClN3O4S. The van der Waals surface area contributed by atoms with Gasteiger partial charge in [-0.3, -0.25) is 4.79 Å². The molecule has 1 amide bonds. The molecule has 140 valence electrons. The summed E-state index contributed by atoms with van der Waals surface area (Å²) in [5, 5.41) is 6.88. The molecule has 1 aromatic heterocycles. The summed E-state index contributed by atoms with van der Waals surface area (Å²) in [4.78, 5) is 12.3. The molecule has 26 heavy (non-hydrogen) atoms. The molecule has 1 aliphatic heterocycles. The summed E-state index contributed by atoms with van der Waals surface area (Å²) < 4.78 is 31.6. The van der Waals surface area contributed by atoms with E-state index in [9.17, 15) is 13.2 Å². The Labute approximate surface area is 157 Å². The first-order valence-electron chi connectivity index (χ1n) is 8.30. The number of aryl methyl sites for hydroxylation is 1. The second kappa shape index (κ2) is 7.77. The second-order valence-electron chi connectivity index (χ2n) is 6.33. The molecule has 2 aromatic rings. The number of benzene rings is 1. The van der Waals surface area contributed by atoms with Gasteiger partial charge in [0.1, 0.15) is 5.76 Å².